The minimum Gasteiger partial charge on any atom is -0.470 e. The predicted octanol–water partition coefficient (Wildman–Crippen LogP) is 12.1. The maximum absolute atomic E-state index is 14.0. The number of ether oxygens (including phenoxy) is 3. The summed E-state index contributed by atoms with van der Waals surface area (Å²) in [5, 5.41) is 7.15. The normalized spacial score (nSPS) is 11.3. The van der Waals surface area contributed by atoms with Crippen LogP contribution in [-0.4, -0.2) is 32.9 Å². The van der Waals surface area contributed by atoms with E-state index in [0.29, 0.717) is 13.4 Å². The van der Waals surface area contributed by atoms with E-state index in [1.807, 2.05) is 72.8 Å². The van der Waals surface area contributed by atoms with Gasteiger partial charge in [-0.3, -0.25) is 0 Å². The summed E-state index contributed by atoms with van der Waals surface area (Å²) in [5.41, 5.74) is 1.86. The summed E-state index contributed by atoms with van der Waals surface area (Å²) in [6.45, 7) is 0. The maximum Gasteiger partial charge on any atom is 3.00 e. The number of nitrogens with zero attached hydrogens (tertiary/aromatic N) is 3. The first-order valence-corrected chi connectivity index (χ1v) is 20.5. The van der Waals surface area contributed by atoms with Crippen molar-refractivity contribution in [3.05, 3.63) is 176 Å². The number of esters is 3. The largest absolute Gasteiger partial charge is 3.00 e. The Hall–Kier alpha value is -5.95. The third-order valence-electron chi connectivity index (χ3n) is 9.97. The van der Waals surface area contributed by atoms with Gasteiger partial charge in [-0.25, -0.2) is 14.4 Å². The number of fused-ring (bicyclic) bond motifs is 9. The Morgan fingerprint density at radius 1 is 0.443 bits per heavy atom. The molecule has 0 aliphatic rings. The van der Waals surface area contributed by atoms with Crippen LogP contribution < -0.4 is 14.2 Å². The van der Waals surface area contributed by atoms with E-state index < -0.39 is 17.9 Å². The molecule has 61 heavy (non-hydrogen) atoms. The number of aromatic nitrogens is 3. The third kappa shape index (κ3) is 7.36. The molecule has 0 aliphatic heterocycles. The molecule has 9 nitrogen and oxygen atoms in total. The Bertz CT molecular complexity index is 3120. The van der Waals surface area contributed by atoms with Crippen molar-refractivity contribution in [3.8, 4) is 17.2 Å². The van der Waals surface area contributed by atoms with E-state index in [4.69, 9.17) is 14.2 Å². The Labute approximate surface area is 384 Å². The second kappa shape index (κ2) is 16.5. The zero-order valence-corrected chi connectivity index (χ0v) is 38.0. The monoisotopic (exact) mass is 1160 g/mol. The molecule has 0 N–H and O–H groups in total. The van der Waals surface area contributed by atoms with E-state index in [1.54, 1.807) is 18.6 Å². The van der Waals surface area contributed by atoms with Crippen molar-refractivity contribution in [3.63, 3.8) is 0 Å². The summed E-state index contributed by atoms with van der Waals surface area (Å²) in [4.78, 5) is 55.5. The van der Waals surface area contributed by atoms with Crippen molar-refractivity contribution < 1.29 is 48.7 Å². The fourth-order valence-corrected chi connectivity index (χ4v) is 8.68. The van der Waals surface area contributed by atoms with Crippen LogP contribution in [0.25, 0.3) is 65.0 Å². The number of pyridine rings is 3. The molecule has 0 atom stereocenters. The molecule has 3 aromatic heterocycles. The summed E-state index contributed by atoms with van der Waals surface area (Å²) < 4.78 is 19.1. The van der Waals surface area contributed by atoms with Crippen LogP contribution in [0.3, 0.4) is 0 Å². The molecule has 3 heterocycles. The Balaban J connectivity index is 0.00000476. The van der Waals surface area contributed by atoms with Crippen molar-refractivity contribution in [2.45, 2.75) is 0 Å². The van der Waals surface area contributed by atoms with Gasteiger partial charge in [0.2, 0.25) is 0 Å². The third-order valence-corrected chi connectivity index (χ3v) is 12.4. The topological polar surface area (TPSA) is 118 Å². The minimum atomic E-state index is -0.856. The summed E-state index contributed by atoms with van der Waals surface area (Å²) in [7, 11) is 0. The molecule has 0 fully saturated rings. The molecule has 10 aromatic rings. The molecule has 0 amide bonds. The summed E-state index contributed by atoms with van der Waals surface area (Å²) in [6.07, 6.45) is 5.10. The van der Waals surface area contributed by atoms with Crippen LogP contribution in [0.5, 0.6) is 17.2 Å². The number of rotatable bonds is 6. The molecular weight excluding hydrogens is 1150 g/mol. The van der Waals surface area contributed by atoms with Crippen molar-refractivity contribution in [1.82, 2.24) is 15.0 Å². The van der Waals surface area contributed by atoms with Crippen LogP contribution in [0.15, 0.2) is 141 Å². The standard InChI is InChI=1S/C48H21Br3N3O6.Ir/c49-40-31-10-7-25-4-1-19-52-43(25)34(31)13-16-37(40)58-46(55)28-22-29(47(56)59-38-17-14-35-32(41(38)50)11-8-26-5-2-20-53-44(26)35)24-30(23-28)48(57)60-39-18-15-36-33(42(39)51)12-9-27-6-3-21-54-45(27)36;/h1-12,16-24H;/q-3;+3. The van der Waals surface area contributed by atoms with Gasteiger partial charge in [0.15, 0.2) is 0 Å². The average molecular weight is 1170 g/mol. The van der Waals surface area contributed by atoms with Gasteiger partial charge >= 0.3 is 38.0 Å². The number of hydrogen-bond acceptors (Lipinski definition) is 9. The summed E-state index contributed by atoms with van der Waals surface area (Å²) in [6, 6.07) is 40.8. The number of carbonyl (C=O) groups excluding carboxylic acids is 3. The van der Waals surface area contributed by atoms with E-state index in [1.165, 1.54) is 36.4 Å². The average Bonchev–Trinajstić information content (AvgIpc) is 3.28. The van der Waals surface area contributed by atoms with E-state index in [-0.39, 0.29) is 54.0 Å². The molecule has 10 rings (SSSR count). The molecule has 294 valence electrons. The van der Waals surface area contributed by atoms with Crippen LogP contribution >= 0.6 is 47.8 Å². The van der Waals surface area contributed by atoms with Crippen molar-refractivity contribution in [2.24, 2.45) is 0 Å². The SMILES string of the molecule is O=C(Oc1c[c-]c2c(ccc3cccnc32)c1Br)c1cc(C(=O)Oc2c[c-]c3c(ccc4cccnc43)c2Br)cc(C(=O)Oc2c[c-]c3c(ccc4cccnc43)c2Br)c1.[Ir+3]. The van der Waals surface area contributed by atoms with E-state index >= 15 is 0 Å². The van der Waals surface area contributed by atoms with Crippen molar-refractivity contribution >= 4 is 131 Å². The molecule has 0 saturated heterocycles. The fraction of sp³-hybridized carbons (Fsp3) is 0. The van der Waals surface area contributed by atoms with Gasteiger partial charge < -0.3 is 29.2 Å². The van der Waals surface area contributed by atoms with Crippen LogP contribution in [0.1, 0.15) is 31.1 Å². The molecule has 13 heteroatoms. The van der Waals surface area contributed by atoms with Crippen LogP contribution in [0, 0.1) is 18.2 Å². The van der Waals surface area contributed by atoms with Gasteiger partial charge in [-0.1, -0.05) is 119 Å². The summed E-state index contributed by atoms with van der Waals surface area (Å²) in [5.74, 6) is -2.08. The molecule has 7 aromatic carbocycles. The van der Waals surface area contributed by atoms with Gasteiger partial charge in [-0.05, 0) is 82.5 Å². The molecule has 0 unspecified atom stereocenters. The quantitative estimate of drug-likeness (QED) is 0.0694. The van der Waals surface area contributed by atoms with Crippen molar-refractivity contribution in [1.29, 1.82) is 0 Å². The van der Waals surface area contributed by atoms with Gasteiger partial charge in [-0.15, -0.1) is 52.6 Å². The predicted molar refractivity (Wildman–Crippen MR) is 239 cm³/mol. The van der Waals surface area contributed by atoms with E-state index in [2.05, 4.69) is 80.9 Å². The van der Waals surface area contributed by atoms with Gasteiger partial charge in [0.1, 0.15) is 0 Å². The van der Waals surface area contributed by atoms with E-state index in [0.717, 1.165) is 65.0 Å². The number of benzene rings is 7. The Morgan fingerprint density at radius 2 is 0.738 bits per heavy atom. The second-order valence-electron chi connectivity index (χ2n) is 13.6. The molecule has 0 spiro atoms. The van der Waals surface area contributed by atoms with Crippen LogP contribution in [0.2, 0.25) is 0 Å². The van der Waals surface area contributed by atoms with Crippen LogP contribution in [-0.2, 0) is 20.1 Å². The molecule has 0 aliphatic carbocycles. The first-order valence-electron chi connectivity index (χ1n) is 18.2. The number of hydrogen-bond donors (Lipinski definition) is 0. The van der Waals surface area contributed by atoms with Gasteiger partial charge in [0, 0.05) is 18.6 Å². The smallest absolute Gasteiger partial charge is 0.470 e. The van der Waals surface area contributed by atoms with Gasteiger partial charge in [0.25, 0.3) is 0 Å². The number of halogens is 3. The van der Waals surface area contributed by atoms with Gasteiger partial charge in [-0.2, -0.15) is 0 Å². The van der Waals surface area contributed by atoms with Gasteiger partial charge in [0.05, 0.1) is 33.9 Å². The molecule has 0 saturated carbocycles. The van der Waals surface area contributed by atoms with Crippen LogP contribution in [0.4, 0.5) is 0 Å². The second-order valence-corrected chi connectivity index (χ2v) is 15.9. The Morgan fingerprint density at radius 3 is 1.03 bits per heavy atom. The fourth-order valence-electron chi connectivity index (χ4n) is 7.10. The number of carbonyl (C=O) groups is 3. The molecule has 0 radical (unpaired) electrons. The van der Waals surface area contributed by atoms with E-state index in [9.17, 15) is 14.4 Å². The molecular formula is C48H21Br3IrN3O6. The molecule has 0 bridgehead atoms. The first kappa shape index (κ1) is 40.5. The first-order chi connectivity index (χ1) is 29.2. The minimum absolute atomic E-state index is 0. The summed E-state index contributed by atoms with van der Waals surface area (Å²) >= 11 is 10.8. The Kier molecular flexibility index (Phi) is 10.9. The maximum atomic E-state index is 14.0. The zero-order chi connectivity index (χ0) is 41.1. The van der Waals surface area contributed by atoms with Crippen molar-refractivity contribution in [2.75, 3.05) is 0 Å². The zero-order valence-electron chi connectivity index (χ0n) is 30.9.